The average Bonchev–Trinajstić information content (AvgIpc) is 2.79. The van der Waals surface area contributed by atoms with Crippen molar-refractivity contribution in [3.05, 3.63) is 52.7 Å². The normalized spacial score (nSPS) is 16.9. The number of nitrogens with one attached hydrogen (secondary N) is 1. The fraction of sp³-hybridized carbons (Fsp3) is 0.353. The van der Waals surface area contributed by atoms with E-state index in [1.807, 2.05) is 12.1 Å². The lowest BCUT2D eigenvalue weighted by atomic mass is 10.1. The van der Waals surface area contributed by atoms with E-state index in [1.165, 1.54) is 11.3 Å². The van der Waals surface area contributed by atoms with Crippen molar-refractivity contribution in [2.45, 2.75) is 32.9 Å². The third kappa shape index (κ3) is 2.84. The highest BCUT2D eigenvalue weighted by Crippen LogP contribution is 2.33. The molecule has 1 atom stereocenters. The highest BCUT2D eigenvalue weighted by molar-refractivity contribution is 6.31. The van der Waals surface area contributed by atoms with Crippen molar-refractivity contribution in [1.82, 2.24) is 4.98 Å². The van der Waals surface area contributed by atoms with Gasteiger partial charge in [0.05, 0.1) is 17.3 Å². The first-order valence-electron chi connectivity index (χ1n) is 7.43. The molecule has 2 heterocycles. The largest absolute Gasteiger partial charge is 0.370 e. The fourth-order valence-electron chi connectivity index (χ4n) is 2.91. The van der Waals surface area contributed by atoms with Gasteiger partial charge in [0.15, 0.2) is 0 Å². The molecule has 3 nitrogen and oxygen atoms in total. The molecule has 21 heavy (non-hydrogen) atoms. The maximum Gasteiger partial charge on any atom is 0.126 e. The minimum absolute atomic E-state index is 0.475. The van der Waals surface area contributed by atoms with E-state index in [9.17, 15) is 0 Å². The molecule has 1 aromatic heterocycles. The molecule has 0 radical (unpaired) electrons. The summed E-state index contributed by atoms with van der Waals surface area (Å²) in [7, 11) is 0. The lowest BCUT2D eigenvalue weighted by Gasteiger charge is -2.25. The molecule has 0 fully saturated rings. The van der Waals surface area contributed by atoms with Gasteiger partial charge in [0, 0.05) is 18.3 Å². The molecular formula is C17H20ClN3. The van der Waals surface area contributed by atoms with Crippen LogP contribution in [0.3, 0.4) is 0 Å². The Balaban J connectivity index is 1.88. The Morgan fingerprint density at radius 1 is 1.29 bits per heavy atom. The van der Waals surface area contributed by atoms with E-state index in [0.717, 1.165) is 36.0 Å². The van der Waals surface area contributed by atoms with Gasteiger partial charge in [-0.3, -0.25) is 0 Å². The molecule has 0 spiro atoms. The standard InChI is InChI=1S/C17H20ClN3/c1-3-19-17-9-8-14(18)15(20-17)11-21-12(2)10-13-6-4-5-7-16(13)21/h4-9,12H,3,10-11H2,1-2H3,(H,19,20). The topological polar surface area (TPSA) is 28.2 Å². The van der Waals surface area contributed by atoms with Gasteiger partial charge in [-0.15, -0.1) is 0 Å². The molecule has 3 rings (SSSR count). The monoisotopic (exact) mass is 301 g/mol. The number of benzene rings is 1. The van der Waals surface area contributed by atoms with Crippen molar-refractivity contribution < 1.29 is 0 Å². The predicted molar refractivity (Wildman–Crippen MR) is 89.2 cm³/mol. The van der Waals surface area contributed by atoms with Crippen LogP contribution in [0.5, 0.6) is 0 Å². The SMILES string of the molecule is CCNc1ccc(Cl)c(CN2c3ccccc3CC2C)n1. The Kier molecular flexibility index (Phi) is 4.02. The molecular weight excluding hydrogens is 282 g/mol. The lowest BCUT2D eigenvalue weighted by Crippen LogP contribution is -2.29. The predicted octanol–water partition coefficient (Wildman–Crippen LogP) is 4.12. The van der Waals surface area contributed by atoms with Crippen LogP contribution in [0.15, 0.2) is 36.4 Å². The number of anilines is 2. The number of pyridine rings is 1. The van der Waals surface area contributed by atoms with Crippen molar-refractivity contribution >= 4 is 23.1 Å². The van der Waals surface area contributed by atoms with E-state index in [4.69, 9.17) is 11.6 Å². The van der Waals surface area contributed by atoms with Crippen LogP contribution in [0, 0.1) is 0 Å². The van der Waals surface area contributed by atoms with Crippen LogP contribution in [0.4, 0.5) is 11.5 Å². The van der Waals surface area contributed by atoms with Crippen LogP contribution in [0.2, 0.25) is 5.02 Å². The number of rotatable bonds is 4. The van der Waals surface area contributed by atoms with Gasteiger partial charge in [-0.1, -0.05) is 29.8 Å². The summed E-state index contributed by atoms with van der Waals surface area (Å²) in [6.07, 6.45) is 1.08. The number of para-hydroxylation sites is 1. The van der Waals surface area contributed by atoms with Crippen molar-refractivity contribution in [2.75, 3.05) is 16.8 Å². The minimum Gasteiger partial charge on any atom is -0.370 e. The lowest BCUT2D eigenvalue weighted by molar-refractivity contribution is 0.665. The molecule has 1 aromatic carbocycles. The molecule has 0 amide bonds. The van der Waals surface area contributed by atoms with Crippen LogP contribution in [-0.2, 0) is 13.0 Å². The summed E-state index contributed by atoms with van der Waals surface area (Å²) >= 11 is 6.33. The third-order valence-corrected chi connectivity index (χ3v) is 4.29. The first kappa shape index (κ1) is 14.2. The maximum atomic E-state index is 6.33. The number of aromatic nitrogens is 1. The molecule has 0 aliphatic carbocycles. The highest BCUT2D eigenvalue weighted by atomic mass is 35.5. The van der Waals surface area contributed by atoms with Crippen molar-refractivity contribution in [1.29, 1.82) is 0 Å². The van der Waals surface area contributed by atoms with E-state index in [1.54, 1.807) is 0 Å². The summed E-state index contributed by atoms with van der Waals surface area (Å²) in [6.45, 7) is 5.92. The average molecular weight is 302 g/mol. The summed E-state index contributed by atoms with van der Waals surface area (Å²) in [5.41, 5.74) is 3.64. The fourth-order valence-corrected chi connectivity index (χ4v) is 3.07. The second-order valence-electron chi connectivity index (χ2n) is 5.47. The van der Waals surface area contributed by atoms with E-state index < -0.39 is 0 Å². The van der Waals surface area contributed by atoms with Crippen molar-refractivity contribution in [3.8, 4) is 0 Å². The van der Waals surface area contributed by atoms with Crippen LogP contribution in [0.25, 0.3) is 0 Å². The zero-order chi connectivity index (χ0) is 14.8. The van der Waals surface area contributed by atoms with E-state index in [0.29, 0.717) is 6.04 Å². The highest BCUT2D eigenvalue weighted by Gasteiger charge is 2.26. The Morgan fingerprint density at radius 3 is 2.90 bits per heavy atom. The molecule has 1 aliphatic rings. The number of nitrogens with zero attached hydrogens (tertiary/aromatic N) is 2. The number of hydrogen-bond acceptors (Lipinski definition) is 3. The molecule has 2 aromatic rings. The Morgan fingerprint density at radius 2 is 2.10 bits per heavy atom. The molecule has 0 saturated carbocycles. The second-order valence-corrected chi connectivity index (χ2v) is 5.87. The molecule has 1 N–H and O–H groups in total. The number of hydrogen-bond donors (Lipinski definition) is 1. The summed E-state index contributed by atoms with van der Waals surface area (Å²) in [5, 5.41) is 3.97. The smallest absolute Gasteiger partial charge is 0.126 e. The van der Waals surface area contributed by atoms with Crippen molar-refractivity contribution in [3.63, 3.8) is 0 Å². The van der Waals surface area contributed by atoms with Gasteiger partial charge in [-0.25, -0.2) is 4.98 Å². The van der Waals surface area contributed by atoms with Gasteiger partial charge in [-0.05, 0) is 44.0 Å². The van der Waals surface area contributed by atoms with E-state index in [-0.39, 0.29) is 0 Å². The molecule has 0 saturated heterocycles. The molecule has 0 bridgehead atoms. The van der Waals surface area contributed by atoms with Gasteiger partial charge in [0.2, 0.25) is 0 Å². The van der Waals surface area contributed by atoms with Crippen molar-refractivity contribution in [2.24, 2.45) is 0 Å². The molecule has 110 valence electrons. The van der Waals surface area contributed by atoms with Crippen LogP contribution < -0.4 is 10.2 Å². The zero-order valence-corrected chi connectivity index (χ0v) is 13.2. The summed E-state index contributed by atoms with van der Waals surface area (Å²) in [4.78, 5) is 7.04. The zero-order valence-electron chi connectivity index (χ0n) is 12.4. The summed E-state index contributed by atoms with van der Waals surface area (Å²) in [6, 6.07) is 12.9. The van der Waals surface area contributed by atoms with Gasteiger partial charge < -0.3 is 10.2 Å². The molecule has 1 aliphatic heterocycles. The Hall–Kier alpha value is -1.74. The van der Waals surface area contributed by atoms with Crippen LogP contribution in [0.1, 0.15) is 25.1 Å². The van der Waals surface area contributed by atoms with Gasteiger partial charge in [-0.2, -0.15) is 0 Å². The number of fused-ring (bicyclic) bond motifs is 1. The first-order valence-corrected chi connectivity index (χ1v) is 7.80. The Labute approximate surface area is 131 Å². The molecule has 1 unspecified atom stereocenters. The molecule has 4 heteroatoms. The summed E-state index contributed by atoms with van der Waals surface area (Å²) in [5.74, 6) is 0.886. The second kappa shape index (κ2) is 5.94. The van der Waals surface area contributed by atoms with Gasteiger partial charge >= 0.3 is 0 Å². The summed E-state index contributed by atoms with van der Waals surface area (Å²) < 4.78 is 0. The number of halogens is 1. The third-order valence-electron chi connectivity index (χ3n) is 3.95. The van der Waals surface area contributed by atoms with Gasteiger partial charge in [0.25, 0.3) is 0 Å². The maximum absolute atomic E-state index is 6.33. The Bertz CT molecular complexity index is 642. The van der Waals surface area contributed by atoms with E-state index >= 15 is 0 Å². The minimum atomic E-state index is 0.475. The quantitative estimate of drug-likeness (QED) is 0.921. The van der Waals surface area contributed by atoms with Gasteiger partial charge in [0.1, 0.15) is 5.82 Å². The van der Waals surface area contributed by atoms with Crippen LogP contribution in [-0.4, -0.2) is 17.6 Å². The van der Waals surface area contributed by atoms with Crippen LogP contribution >= 0.6 is 11.6 Å². The van der Waals surface area contributed by atoms with E-state index in [2.05, 4.69) is 53.3 Å². The first-order chi connectivity index (χ1) is 10.2.